The van der Waals surface area contributed by atoms with Crippen LogP contribution in [0.3, 0.4) is 0 Å². The molecule has 0 unspecified atom stereocenters. The van der Waals surface area contributed by atoms with Crippen LogP contribution < -0.4 is 0 Å². The Morgan fingerprint density at radius 3 is 1.88 bits per heavy atom. The van der Waals surface area contributed by atoms with E-state index in [1.54, 1.807) is 0 Å². The van der Waals surface area contributed by atoms with E-state index in [-0.39, 0.29) is 6.92 Å². The van der Waals surface area contributed by atoms with Crippen LogP contribution in [-0.4, -0.2) is 28.6 Å². The molecule has 0 aromatic heterocycles. The Kier molecular flexibility index (Phi) is 5.37. The third-order valence-electron chi connectivity index (χ3n) is 1.79. The highest BCUT2D eigenvalue weighted by atomic mass is 32.2. The summed E-state index contributed by atoms with van der Waals surface area (Å²) in [6.07, 6.45) is -3.53. The van der Waals surface area contributed by atoms with Gasteiger partial charge in [0.05, 0.1) is 6.42 Å². The largest absolute Gasteiger partial charge is 0.315 e. The minimum Gasteiger partial charge on any atom is -0.288 e. The van der Waals surface area contributed by atoms with Crippen LogP contribution in [0.4, 0.5) is 26.3 Å². The molecule has 0 amide bonds. The van der Waals surface area contributed by atoms with Crippen molar-refractivity contribution in [1.82, 2.24) is 0 Å². The number of carbonyl (C=O) groups excluding carboxylic acids is 1. The zero-order valence-corrected chi connectivity index (χ0v) is 10.0. The fraction of sp³-hybridized carbons (Fsp3) is 0.889. The van der Waals surface area contributed by atoms with Crippen LogP contribution in [0.2, 0.25) is 0 Å². The van der Waals surface area contributed by atoms with Crippen molar-refractivity contribution < 1.29 is 31.1 Å². The molecule has 0 spiro atoms. The number of rotatable bonds is 6. The summed E-state index contributed by atoms with van der Waals surface area (Å²) in [7, 11) is 0. The summed E-state index contributed by atoms with van der Waals surface area (Å²) in [6, 6.07) is 0. The van der Waals surface area contributed by atoms with Crippen LogP contribution in [0.1, 0.15) is 26.7 Å². The molecule has 0 bridgehead atoms. The van der Waals surface area contributed by atoms with Gasteiger partial charge in [-0.3, -0.25) is 4.79 Å². The van der Waals surface area contributed by atoms with E-state index in [4.69, 9.17) is 0 Å². The fourth-order valence-corrected chi connectivity index (χ4v) is 1.67. The van der Waals surface area contributed by atoms with E-state index in [2.05, 4.69) is 0 Å². The Bertz CT molecular complexity index is 273. The monoisotopic (exact) mass is 282 g/mol. The summed E-state index contributed by atoms with van der Waals surface area (Å²) in [5.41, 5.74) is 0. The SMILES string of the molecule is CC(=O)SCCC(F)(F)C(F)(F)CC(C)(F)F. The van der Waals surface area contributed by atoms with E-state index in [9.17, 15) is 31.1 Å². The van der Waals surface area contributed by atoms with Gasteiger partial charge in [-0.1, -0.05) is 11.8 Å². The molecule has 17 heavy (non-hydrogen) atoms. The Morgan fingerprint density at radius 2 is 1.53 bits per heavy atom. The summed E-state index contributed by atoms with van der Waals surface area (Å²) < 4.78 is 76.4. The second-order valence-electron chi connectivity index (χ2n) is 3.75. The molecule has 0 atom stereocenters. The molecule has 0 saturated carbocycles. The van der Waals surface area contributed by atoms with Gasteiger partial charge in [0.15, 0.2) is 5.12 Å². The Hall–Kier alpha value is -0.400. The smallest absolute Gasteiger partial charge is 0.288 e. The third-order valence-corrected chi connectivity index (χ3v) is 2.60. The van der Waals surface area contributed by atoms with Crippen LogP contribution in [0.5, 0.6) is 0 Å². The molecular formula is C9H12F6OS. The van der Waals surface area contributed by atoms with Crippen LogP contribution in [0, 0.1) is 0 Å². The maximum absolute atomic E-state index is 13.0. The van der Waals surface area contributed by atoms with E-state index < -0.39 is 41.5 Å². The van der Waals surface area contributed by atoms with Crippen molar-refractivity contribution in [3.05, 3.63) is 0 Å². The van der Waals surface area contributed by atoms with Crippen molar-refractivity contribution in [3.63, 3.8) is 0 Å². The highest BCUT2D eigenvalue weighted by Crippen LogP contribution is 2.43. The fourth-order valence-electron chi connectivity index (χ4n) is 1.02. The molecule has 1 nitrogen and oxygen atoms in total. The predicted molar refractivity (Wildman–Crippen MR) is 52.9 cm³/mol. The lowest BCUT2D eigenvalue weighted by molar-refractivity contribution is -0.236. The average Bonchev–Trinajstić information content (AvgIpc) is 1.97. The standard InChI is InChI=1S/C9H12F6OS/c1-6(16)17-4-3-8(12,13)9(14,15)5-7(2,10)11/h3-5H2,1-2H3. The van der Waals surface area contributed by atoms with E-state index in [0.717, 1.165) is 6.92 Å². The van der Waals surface area contributed by atoms with Gasteiger partial charge in [-0.25, -0.2) is 8.78 Å². The third kappa shape index (κ3) is 6.18. The predicted octanol–water partition coefficient (Wildman–Crippen LogP) is 3.97. The number of halogens is 6. The van der Waals surface area contributed by atoms with Gasteiger partial charge in [-0.05, 0) is 6.92 Å². The minimum atomic E-state index is -4.79. The van der Waals surface area contributed by atoms with E-state index in [0.29, 0.717) is 11.8 Å². The molecule has 0 N–H and O–H groups in total. The second-order valence-corrected chi connectivity index (χ2v) is 5.02. The summed E-state index contributed by atoms with van der Waals surface area (Å²) in [4.78, 5) is 10.4. The molecular weight excluding hydrogens is 270 g/mol. The van der Waals surface area contributed by atoms with Gasteiger partial charge < -0.3 is 0 Å². The molecule has 0 radical (unpaired) electrons. The zero-order chi connectivity index (χ0) is 13.9. The molecule has 0 fully saturated rings. The molecule has 0 saturated heterocycles. The van der Waals surface area contributed by atoms with Crippen molar-refractivity contribution in [3.8, 4) is 0 Å². The summed E-state index contributed by atoms with van der Waals surface area (Å²) in [5.74, 6) is -13.7. The first-order valence-electron chi connectivity index (χ1n) is 4.64. The molecule has 0 aromatic rings. The van der Waals surface area contributed by atoms with Crippen LogP contribution in [-0.2, 0) is 4.79 Å². The number of alkyl halides is 6. The van der Waals surface area contributed by atoms with Crippen LogP contribution in [0.15, 0.2) is 0 Å². The average molecular weight is 282 g/mol. The van der Waals surface area contributed by atoms with Gasteiger partial charge in [0.1, 0.15) is 0 Å². The Morgan fingerprint density at radius 1 is 1.06 bits per heavy atom. The van der Waals surface area contributed by atoms with Gasteiger partial charge in [0.25, 0.3) is 5.92 Å². The molecule has 0 aliphatic rings. The molecule has 0 aliphatic heterocycles. The first-order chi connectivity index (χ1) is 7.37. The summed E-state index contributed by atoms with van der Waals surface area (Å²) in [5, 5.41) is -0.495. The van der Waals surface area contributed by atoms with Gasteiger partial charge in [0, 0.05) is 19.1 Å². The van der Waals surface area contributed by atoms with Crippen molar-refractivity contribution in [1.29, 1.82) is 0 Å². The highest BCUT2D eigenvalue weighted by Gasteiger charge is 2.58. The van der Waals surface area contributed by atoms with E-state index >= 15 is 0 Å². The van der Waals surface area contributed by atoms with Gasteiger partial charge in [0.2, 0.25) is 0 Å². The van der Waals surface area contributed by atoms with Crippen molar-refractivity contribution in [2.45, 2.75) is 44.5 Å². The van der Waals surface area contributed by atoms with Crippen LogP contribution in [0.25, 0.3) is 0 Å². The minimum absolute atomic E-state index is 0.154. The van der Waals surface area contributed by atoms with Crippen molar-refractivity contribution in [2.75, 3.05) is 5.75 Å². The number of thioether (sulfide) groups is 1. The van der Waals surface area contributed by atoms with E-state index in [1.165, 1.54) is 0 Å². The Labute approximate surface area is 98.9 Å². The number of hydrogen-bond donors (Lipinski definition) is 0. The normalized spacial score (nSPS) is 13.9. The van der Waals surface area contributed by atoms with Crippen molar-refractivity contribution in [2.24, 2.45) is 0 Å². The first-order valence-corrected chi connectivity index (χ1v) is 5.63. The van der Waals surface area contributed by atoms with Crippen LogP contribution >= 0.6 is 11.8 Å². The lowest BCUT2D eigenvalue weighted by Gasteiger charge is -2.28. The molecule has 102 valence electrons. The maximum atomic E-state index is 13.0. The highest BCUT2D eigenvalue weighted by molar-refractivity contribution is 8.13. The van der Waals surface area contributed by atoms with Gasteiger partial charge >= 0.3 is 11.8 Å². The maximum Gasteiger partial charge on any atom is 0.315 e. The van der Waals surface area contributed by atoms with Gasteiger partial charge in [-0.15, -0.1) is 0 Å². The molecule has 0 rings (SSSR count). The van der Waals surface area contributed by atoms with Gasteiger partial charge in [-0.2, -0.15) is 17.6 Å². The summed E-state index contributed by atoms with van der Waals surface area (Å²) in [6.45, 7) is 1.25. The first kappa shape index (κ1) is 16.6. The van der Waals surface area contributed by atoms with E-state index in [1.807, 2.05) is 0 Å². The molecule has 0 aromatic carbocycles. The molecule has 0 aliphatic carbocycles. The summed E-state index contributed by atoms with van der Waals surface area (Å²) >= 11 is 0.452. The van der Waals surface area contributed by atoms with Crippen molar-refractivity contribution >= 4 is 16.9 Å². The quantitative estimate of drug-likeness (QED) is 0.686. The topological polar surface area (TPSA) is 17.1 Å². The molecule has 0 heterocycles. The second kappa shape index (κ2) is 5.49. The lowest BCUT2D eigenvalue weighted by atomic mass is 10.0. The Balaban J connectivity index is 4.50. The zero-order valence-electron chi connectivity index (χ0n) is 9.21. The number of hydrogen-bond acceptors (Lipinski definition) is 2. The molecule has 8 heteroatoms. The lowest BCUT2D eigenvalue weighted by Crippen LogP contribution is -2.44. The number of carbonyl (C=O) groups is 1.